The number of pyridine rings is 1. The monoisotopic (exact) mass is 323 g/mol. The van der Waals surface area contributed by atoms with E-state index in [1.54, 1.807) is 0 Å². The molecule has 0 amide bonds. The molecule has 10 heteroatoms. The van der Waals surface area contributed by atoms with Gasteiger partial charge >= 0.3 is 0 Å². The third-order valence-electron chi connectivity index (χ3n) is 2.93. The lowest BCUT2D eigenvalue weighted by Gasteiger charge is -2.16. The fourth-order valence-electron chi connectivity index (χ4n) is 1.82. The number of aromatic nitrogens is 3. The summed E-state index contributed by atoms with van der Waals surface area (Å²) < 4.78 is 22.9. The molecule has 2 aromatic rings. The van der Waals surface area contributed by atoms with Crippen molar-refractivity contribution in [1.29, 1.82) is 0 Å². The van der Waals surface area contributed by atoms with Crippen LogP contribution in [-0.2, 0) is 10.0 Å². The van der Waals surface area contributed by atoms with E-state index in [-0.39, 0.29) is 22.7 Å². The molecule has 0 aliphatic heterocycles. The van der Waals surface area contributed by atoms with E-state index in [9.17, 15) is 8.42 Å². The highest BCUT2D eigenvalue weighted by Gasteiger charge is 2.16. The second kappa shape index (κ2) is 5.73. The summed E-state index contributed by atoms with van der Waals surface area (Å²) in [6.07, 6.45) is 2.87. The van der Waals surface area contributed by atoms with Gasteiger partial charge in [0, 0.05) is 18.0 Å². The van der Waals surface area contributed by atoms with Crippen molar-refractivity contribution in [3.63, 3.8) is 0 Å². The van der Waals surface area contributed by atoms with Crippen molar-refractivity contribution in [2.24, 2.45) is 5.14 Å². The van der Waals surface area contributed by atoms with E-state index in [0.29, 0.717) is 11.4 Å². The number of hydrogen-bond donors (Lipinski definition) is 4. The van der Waals surface area contributed by atoms with Crippen LogP contribution in [0.2, 0.25) is 0 Å². The van der Waals surface area contributed by atoms with Crippen LogP contribution in [0.4, 0.5) is 23.1 Å². The third kappa shape index (κ3) is 3.40. The molecule has 2 rings (SSSR count). The molecule has 0 saturated carbocycles. The lowest BCUT2D eigenvalue weighted by atomic mass is 10.0. The number of nitrogens with zero attached hydrogens (tertiary/aromatic N) is 3. The van der Waals surface area contributed by atoms with Crippen LogP contribution in [0.15, 0.2) is 23.5 Å². The first-order valence-electron chi connectivity index (χ1n) is 6.36. The molecule has 0 fully saturated rings. The van der Waals surface area contributed by atoms with Crippen LogP contribution in [0, 0.1) is 0 Å². The molecule has 9 nitrogen and oxygen atoms in total. The molecule has 0 radical (unpaired) electrons. The molecule has 2 aromatic heterocycles. The summed E-state index contributed by atoms with van der Waals surface area (Å²) in [7, 11) is -3.91. The number of primary sulfonamides is 1. The van der Waals surface area contributed by atoms with Gasteiger partial charge in [0.25, 0.3) is 10.0 Å². The van der Waals surface area contributed by atoms with Crippen molar-refractivity contribution < 1.29 is 8.42 Å². The van der Waals surface area contributed by atoms with Gasteiger partial charge < -0.3 is 16.8 Å². The smallest absolute Gasteiger partial charge is 0.255 e. The van der Waals surface area contributed by atoms with E-state index in [4.69, 9.17) is 16.6 Å². The minimum atomic E-state index is -3.91. The first-order valence-corrected chi connectivity index (χ1v) is 7.91. The van der Waals surface area contributed by atoms with Gasteiger partial charge in [-0.3, -0.25) is 0 Å². The first kappa shape index (κ1) is 15.9. The minimum Gasteiger partial charge on any atom is -0.382 e. The maximum Gasteiger partial charge on any atom is 0.255 e. The summed E-state index contributed by atoms with van der Waals surface area (Å²) in [5.41, 5.74) is 12.9. The van der Waals surface area contributed by atoms with Gasteiger partial charge in [0.2, 0.25) is 5.95 Å². The number of anilines is 4. The molecule has 7 N–H and O–H groups in total. The molecule has 0 bridgehead atoms. The molecule has 0 aliphatic carbocycles. The maximum atomic E-state index is 11.5. The summed E-state index contributed by atoms with van der Waals surface area (Å²) in [6.45, 7) is 3.89. The standard InChI is InChI=1S/C12H17N7O2S/c1-6(2)7-4-16-10(22(15,20)21)3-8(7)18-9-5-17-12(14)19-11(9)13/h3-6H,1-2H3,(H,16,18)(H2,15,20,21)(H4,13,14,17,19). The van der Waals surface area contributed by atoms with Crippen molar-refractivity contribution in [3.05, 3.63) is 24.0 Å². The maximum absolute atomic E-state index is 11.5. The highest BCUT2D eigenvalue weighted by atomic mass is 32.2. The Kier molecular flexibility index (Phi) is 4.15. The Morgan fingerprint density at radius 2 is 1.82 bits per heavy atom. The Hall–Kier alpha value is -2.46. The van der Waals surface area contributed by atoms with Crippen molar-refractivity contribution in [2.75, 3.05) is 16.8 Å². The summed E-state index contributed by atoms with van der Waals surface area (Å²) >= 11 is 0. The summed E-state index contributed by atoms with van der Waals surface area (Å²) in [6, 6.07) is 1.35. The van der Waals surface area contributed by atoms with E-state index in [2.05, 4.69) is 20.3 Å². The molecular formula is C12H17N7O2S. The van der Waals surface area contributed by atoms with Crippen LogP contribution in [0.5, 0.6) is 0 Å². The van der Waals surface area contributed by atoms with Gasteiger partial charge in [-0.1, -0.05) is 13.8 Å². The van der Waals surface area contributed by atoms with Crippen LogP contribution in [0.1, 0.15) is 25.3 Å². The first-order chi connectivity index (χ1) is 10.2. The molecular weight excluding hydrogens is 306 g/mol. The van der Waals surface area contributed by atoms with Gasteiger partial charge in [0.05, 0.1) is 6.20 Å². The van der Waals surface area contributed by atoms with Crippen LogP contribution in [0.3, 0.4) is 0 Å². The lowest BCUT2D eigenvalue weighted by Crippen LogP contribution is -2.15. The van der Waals surface area contributed by atoms with Crippen LogP contribution in [-0.4, -0.2) is 23.4 Å². The number of hydrogen-bond acceptors (Lipinski definition) is 8. The van der Waals surface area contributed by atoms with E-state index >= 15 is 0 Å². The van der Waals surface area contributed by atoms with E-state index in [0.717, 1.165) is 5.56 Å². The zero-order chi connectivity index (χ0) is 16.5. The van der Waals surface area contributed by atoms with Gasteiger partial charge in [-0.05, 0) is 11.5 Å². The van der Waals surface area contributed by atoms with E-state index in [1.165, 1.54) is 18.5 Å². The molecule has 0 aromatic carbocycles. The minimum absolute atomic E-state index is 0.0482. The second-order valence-electron chi connectivity index (χ2n) is 4.96. The molecule has 0 spiro atoms. The van der Waals surface area contributed by atoms with Gasteiger partial charge in [-0.25, -0.2) is 23.5 Å². The molecule has 2 heterocycles. The summed E-state index contributed by atoms with van der Waals surface area (Å²) in [4.78, 5) is 11.6. The largest absolute Gasteiger partial charge is 0.382 e. The van der Waals surface area contributed by atoms with Crippen LogP contribution in [0.25, 0.3) is 0 Å². The molecule has 22 heavy (non-hydrogen) atoms. The van der Waals surface area contributed by atoms with Gasteiger partial charge in [0.15, 0.2) is 10.8 Å². The molecule has 0 unspecified atom stereocenters. The average molecular weight is 323 g/mol. The number of rotatable bonds is 4. The topological polar surface area (TPSA) is 163 Å². The van der Waals surface area contributed by atoms with Crippen molar-refractivity contribution >= 4 is 33.2 Å². The van der Waals surface area contributed by atoms with Crippen molar-refractivity contribution in [2.45, 2.75) is 24.8 Å². The lowest BCUT2D eigenvalue weighted by molar-refractivity contribution is 0.594. The Balaban J connectivity index is 2.51. The quantitative estimate of drug-likeness (QED) is 0.633. The van der Waals surface area contributed by atoms with Crippen LogP contribution < -0.4 is 21.9 Å². The van der Waals surface area contributed by atoms with Crippen molar-refractivity contribution in [1.82, 2.24) is 15.0 Å². The Labute approximate surface area is 128 Å². The van der Waals surface area contributed by atoms with E-state index < -0.39 is 10.0 Å². The highest BCUT2D eigenvalue weighted by molar-refractivity contribution is 7.89. The molecule has 0 atom stereocenters. The highest BCUT2D eigenvalue weighted by Crippen LogP contribution is 2.29. The van der Waals surface area contributed by atoms with Crippen LogP contribution >= 0.6 is 0 Å². The molecule has 0 saturated heterocycles. The van der Waals surface area contributed by atoms with E-state index in [1.807, 2.05) is 13.8 Å². The summed E-state index contributed by atoms with van der Waals surface area (Å²) in [5.74, 6) is 0.295. The summed E-state index contributed by atoms with van der Waals surface area (Å²) in [5, 5.41) is 7.87. The predicted molar refractivity (Wildman–Crippen MR) is 83.8 cm³/mol. The number of sulfonamides is 1. The van der Waals surface area contributed by atoms with Gasteiger partial charge in [0.1, 0.15) is 5.69 Å². The predicted octanol–water partition coefficient (Wildman–Crippen LogP) is 0.550. The number of nitrogens with one attached hydrogen (secondary N) is 1. The zero-order valence-electron chi connectivity index (χ0n) is 12.1. The molecule has 0 aliphatic rings. The Bertz CT molecular complexity index is 805. The second-order valence-corrected chi connectivity index (χ2v) is 6.47. The zero-order valence-corrected chi connectivity index (χ0v) is 12.9. The third-order valence-corrected chi connectivity index (χ3v) is 3.74. The normalized spacial score (nSPS) is 11.6. The van der Waals surface area contributed by atoms with Crippen molar-refractivity contribution in [3.8, 4) is 0 Å². The number of nitrogens with two attached hydrogens (primary N) is 3. The fourth-order valence-corrected chi connectivity index (χ4v) is 2.30. The Morgan fingerprint density at radius 3 is 2.36 bits per heavy atom. The van der Waals surface area contributed by atoms with Gasteiger partial charge in [-0.15, -0.1) is 0 Å². The average Bonchev–Trinajstić information content (AvgIpc) is 2.40. The Morgan fingerprint density at radius 1 is 1.14 bits per heavy atom. The van der Waals surface area contributed by atoms with Gasteiger partial charge in [-0.2, -0.15) is 4.98 Å². The fraction of sp³-hybridized carbons (Fsp3) is 0.250. The molecule has 118 valence electrons. The SMILES string of the molecule is CC(C)c1cnc(S(N)(=O)=O)cc1Nc1cnc(N)nc1N. The number of nitrogen functional groups attached to an aromatic ring is 2.